The highest BCUT2D eigenvalue weighted by Gasteiger charge is 2.43. The number of nitrogens with zero attached hydrogens (tertiary/aromatic N) is 1. The minimum Gasteiger partial charge on any atom is -0.444 e. The van der Waals surface area contributed by atoms with Crippen molar-refractivity contribution in [1.29, 1.82) is 0 Å². The first-order valence-electron chi connectivity index (χ1n) is 14.1. The van der Waals surface area contributed by atoms with Crippen LogP contribution in [0.15, 0.2) is 42.5 Å². The zero-order valence-corrected chi connectivity index (χ0v) is 24.8. The highest BCUT2D eigenvalue weighted by molar-refractivity contribution is 6.00. The van der Waals surface area contributed by atoms with Gasteiger partial charge >= 0.3 is 6.09 Å². The van der Waals surface area contributed by atoms with Gasteiger partial charge in [0.05, 0.1) is 0 Å². The Kier molecular flexibility index (Phi) is 10.0. The number of anilines is 1. The van der Waals surface area contributed by atoms with E-state index in [1.165, 1.54) is 0 Å². The summed E-state index contributed by atoms with van der Waals surface area (Å²) in [6, 6.07) is 11.0. The molecule has 1 fully saturated rings. The van der Waals surface area contributed by atoms with Crippen molar-refractivity contribution in [1.82, 2.24) is 10.2 Å². The van der Waals surface area contributed by atoms with Crippen molar-refractivity contribution in [3.63, 3.8) is 0 Å². The van der Waals surface area contributed by atoms with Gasteiger partial charge in [0.25, 0.3) is 5.91 Å². The van der Waals surface area contributed by atoms with E-state index in [2.05, 4.69) is 16.6 Å². The Bertz CT molecular complexity index is 1250. The van der Waals surface area contributed by atoms with E-state index in [9.17, 15) is 14.4 Å². The molecule has 2 unspecified atom stereocenters. The van der Waals surface area contributed by atoms with Gasteiger partial charge in [-0.3, -0.25) is 9.59 Å². The van der Waals surface area contributed by atoms with Crippen molar-refractivity contribution in [2.24, 2.45) is 5.92 Å². The summed E-state index contributed by atoms with van der Waals surface area (Å²) in [5.74, 6) is 2.13. The van der Waals surface area contributed by atoms with Crippen LogP contribution in [0.5, 0.6) is 0 Å². The first-order chi connectivity index (χ1) is 18.8. The van der Waals surface area contributed by atoms with Crippen LogP contribution in [0.2, 0.25) is 0 Å². The summed E-state index contributed by atoms with van der Waals surface area (Å²) in [4.78, 5) is 43.2. The molecule has 2 aromatic carbocycles. The number of carbonyl (C=O) groups is 3. The number of alkyl carbamates (subject to hydrolysis) is 1. The molecule has 2 atom stereocenters. The molecule has 214 valence electrons. The third-order valence-electron chi connectivity index (χ3n) is 7.09. The average Bonchev–Trinajstić information content (AvgIpc) is 2.83. The molecular formula is C33H43N3O4. The quantitative estimate of drug-likeness (QED) is 0.363. The van der Waals surface area contributed by atoms with Gasteiger partial charge in [0, 0.05) is 17.3 Å². The van der Waals surface area contributed by atoms with Crippen LogP contribution >= 0.6 is 0 Å². The van der Waals surface area contributed by atoms with Crippen LogP contribution in [-0.2, 0) is 14.3 Å². The van der Waals surface area contributed by atoms with E-state index in [0.717, 1.165) is 30.4 Å². The zero-order valence-electron chi connectivity index (χ0n) is 24.8. The zero-order chi connectivity index (χ0) is 29.6. The van der Waals surface area contributed by atoms with E-state index in [4.69, 9.17) is 11.2 Å². The van der Waals surface area contributed by atoms with E-state index in [-0.39, 0.29) is 23.8 Å². The highest BCUT2D eigenvalue weighted by Crippen LogP contribution is 2.36. The van der Waals surface area contributed by atoms with Crippen molar-refractivity contribution >= 4 is 23.6 Å². The van der Waals surface area contributed by atoms with Gasteiger partial charge < -0.3 is 20.3 Å². The molecule has 1 saturated carbocycles. The number of hydrogen-bond acceptors (Lipinski definition) is 4. The van der Waals surface area contributed by atoms with Gasteiger partial charge in [-0.05, 0) is 89.0 Å². The molecule has 40 heavy (non-hydrogen) atoms. The summed E-state index contributed by atoms with van der Waals surface area (Å²) in [6.45, 7) is 13.2. The van der Waals surface area contributed by atoms with E-state index in [1.54, 1.807) is 31.7 Å². The fourth-order valence-electron chi connectivity index (χ4n) is 4.99. The van der Waals surface area contributed by atoms with E-state index in [1.807, 2.05) is 64.1 Å². The maximum absolute atomic E-state index is 14.4. The lowest BCUT2D eigenvalue weighted by molar-refractivity contribution is -0.146. The van der Waals surface area contributed by atoms with Gasteiger partial charge in [-0.25, -0.2) is 4.79 Å². The second-order valence-corrected chi connectivity index (χ2v) is 12.0. The van der Waals surface area contributed by atoms with Gasteiger partial charge in [0.2, 0.25) is 5.91 Å². The molecular weight excluding hydrogens is 502 g/mol. The smallest absolute Gasteiger partial charge is 0.408 e. The first kappa shape index (κ1) is 30.7. The molecule has 7 nitrogen and oxygen atoms in total. The molecule has 0 radical (unpaired) electrons. The summed E-state index contributed by atoms with van der Waals surface area (Å²) >= 11 is 0. The van der Waals surface area contributed by atoms with Crippen molar-refractivity contribution in [3.05, 3.63) is 64.7 Å². The molecule has 0 saturated heterocycles. The molecule has 0 spiro atoms. The first-order valence-corrected chi connectivity index (χ1v) is 14.1. The largest absolute Gasteiger partial charge is 0.444 e. The number of benzene rings is 2. The maximum atomic E-state index is 14.4. The Morgan fingerprint density at radius 1 is 1.05 bits per heavy atom. The second kappa shape index (κ2) is 13.0. The molecule has 1 aliphatic rings. The SMILES string of the molecule is C#Cc1ccccc1C(C(=O)Nc1c(C)cccc1C)N(C(=O)C(CC(C)C)NC(=O)OC(C)(C)C)C1CCC1. The number of nitrogens with one attached hydrogen (secondary N) is 2. The predicted octanol–water partition coefficient (Wildman–Crippen LogP) is 6.29. The number of aryl methyl sites for hydroxylation is 2. The van der Waals surface area contributed by atoms with Gasteiger partial charge in [-0.2, -0.15) is 0 Å². The molecule has 2 N–H and O–H groups in total. The fourth-order valence-corrected chi connectivity index (χ4v) is 4.99. The van der Waals surface area contributed by atoms with Crippen molar-refractivity contribution < 1.29 is 19.1 Å². The summed E-state index contributed by atoms with van der Waals surface area (Å²) in [6.07, 6.45) is 8.08. The third kappa shape index (κ3) is 7.65. The molecule has 0 aliphatic heterocycles. The predicted molar refractivity (Wildman–Crippen MR) is 159 cm³/mol. The van der Waals surface area contributed by atoms with Crippen LogP contribution in [0.3, 0.4) is 0 Å². The number of rotatable bonds is 9. The number of hydrogen-bond donors (Lipinski definition) is 2. The van der Waals surface area contributed by atoms with Crippen LogP contribution < -0.4 is 10.6 Å². The Labute approximate surface area is 239 Å². The molecule has 3 amide bonds. The van der Waals surface area contributed by atoms with Crippen LogP contribution in [0.1, 0.15) is 88.6 Å². The van der Waals surface area contributed by atoms with E-state index < -0.39 is 23.8 Å². The van der Waals surface area contributed by atoms with Crippen molar-refractivity contribution in [2.45, 2.75) is 97.9 Å². The van der Waals surface area contributed by atoms with Crippen LogP contribution in [0.25, 0.3) is 0 Å². The molecule has 0 bridgehead atoms. The third-order valence-corrected chi connectivity index (χ3v) is 7.09. The Hall–Kier alpha value is -3.79. The fraction of sp³-hybridized carbons (Fsp3) is 0.485. The summed E-state index contributed by atoms with van der Waals surface area (Å²) < 4.78 is 5.49. The lowest BCUT2D eigenvalue weighted by Crippen LogP contribution is -2.57. The molecule has 2 aromatic rings. The molecule has 3 rings (SSSR count). The highest BCUT2D eigenvalue weighted by atomic mass is 16.6. The van der Waals surface area contributed by atoms with Gasteiger partial charge in [-0.1, -0.05) is 56.2 Å². The molecule has 0 heterocycles. The van der Waals surface area contributed by atoms with Gasteiger partial charge in [0.15, 0.2) is 0 Å². The number of para-hydroxylation sites is 1. The summed E-state index contributed by atoms with van der Waals surface area (Å²) in [5.41, 5.74) is 2.95. The Morgan fingerprint density at radius 2 is 1.68 bits per heavy atom. The normalized spacial score (nSPS) is 14.9. The summed E-state index contributed by atoms with van der Waals surface area (Å²) in [7, 11) is 0. The average molecular weight is 546 g/mol. The van der Waals surface area contributed by atoms with Crippen LogP contribution in [0.4, 0.5) is 10.5 Å². The van der Waals surface area contributed by atoms with Crippen LogP contribution in [-0.4, -0.2) is 40.5 Å². The number of ether oxygens (including phenoxy) is 1. The maximum Gasteiger partial charge on any atom is 0.408 e. The molecule has 0 aromatic heterocycles. The van der Waals surface area contributed by atoms with Gasteiger partial charge in [0.1, 0.15) is 17.7 Å². The van der Waals surface area contributed by atoms with Crippen molar-refractivity contribution in [3.8, 4) is 12.3 Å². The number of amides is 3. The molecule has 1 aliphatic carbocycles. The minimum absolute atomic E-state index is 0.104. The van der Waals surface area contributed by atoms with E-state index in [0.29, 0.717) is 23.2 Å². The summed E-state index contributed by atoms with van der Waals surface area (Å²) in [5, 5.41) is 5.91. The Balaban J connectivity index is 2.10. The lowest BCUT2D eigenvalue weighted by atomic mass is 9.86. The Morgan fingerprint density at radius 3 is 2.20 bits per heavy atom. The van der Waals surface area contributed by atoms with Gasteiger partial charge in [-0.15, -0.1) is 6.42 Å². The standard InChI is InChI=1S/C33H43N3O4/c1-9-24-16-10-11-19-26(24)29(30(37)35-28-22(4)14-12-15-23(28)5)36(25-17-13-18-25)31(38)27(20-21(2)3)34-32(39)40-33(6,7)8/h1,10-12,14-16,19,21,25,27,29H,13,17-18,20H2,2-8H3,(H,34,39)(H,35,37). The lowest BCUT2D eigenvalue weighted by Gasteiger charge is -2.44. The number of carbonyl (C=O) groups excluding carboxylic acids is 3. The van der Waals surface area contributed by atoms with Crippen LogP contribution in [0, 0.1) is 32.1 Å². The monoisotopic (exact) mass is 545 g/mol. The molecule has 7 heteroatoms. The minimum atomic E-state index is -0.987. The van der Waals surface area contributed by atoms with Crippen molar-refractivity contribution in [2.75, 3.05) is 5.32 Å². The van der Waals surface area contributed by atoms with E-state index >= 15 is 0 Å². The topological polar surface area (TPSA) is 87.7 Å². The second-order valence-electron chi connectivity index (χ2n) is 12.0. The number of terminal acetylenes is 1.